The van der Waals surface area contributed by atoms with Crippen molar-refractivity contribution in [1.29, 1.82) is 0 Å². The maximum absolute atomic E-state index is 5.57. The third kappa shape index (κ3) is 4.40. The van der Waals surface area contributed by atoms with E-state index in [9.17, 15) is 0 Å². The van der Waals surface area contributed by atoms with E-state index in [1.54, 1.807) is 0 Å². The first kappa shape index (κ1) is 17.1. The van der Waals surface area contributed by atoms with Crippen LogP contribution >= 0.6 is 0 Å². The lowest BCUT2D eigenvalue weighted by atomic mass is 10.1. The van der Waals surface area contributed by atoms with E-state index in [4.69, 9.17) is 16.1 Å². The Bertz CT molecular complexity index is 812. The van der Waals surface area contributed by atoms with E-state index in [1.165, 1.54) is 5.56 Å². The van der Waals surface area contributed by atoms with Crippen LogP contribution in [0.15, 0.2) is 48.5 Å². The number of aromatic nitrogens is 2. The van der Waals surface area contributed by atoms with Gasteiger partial charge in [0.25, 0.3) is 0 Å². The van der Waals surface area contributed by atoms with E-state index in [1.807, 2.05) is 30.3 Å². The van der Waals surface area contributed by atoms with Crippen molar-refractivity contribution in [2.75, 3.05) is 6.61 Å². The summed E-state index contributed by atoms with van der Waals surface area (Å²) in [4.78, 5) is 8.11. The summed E-state index contributed by atoms with van der Waals surface area (Å²) in [6.07, 6.45) is 6.81. The Hall–Kier alpha value is -2.77. The van der Waals surface area contributed by atoms with E-state index in [0.717, 1.165) is 35.6 Å². The van der Waals surface area contributed by atoms with Gasteiger partial charge in [0, 0.05) is 13.0 Å². The zero-order valence-electron chi connectivity index (χ0n) is 14.5. The molecule has 0 aliphatic heterocycles. The van der Waals surface area contributed by atoms with Gasteiger partial charge in [0.1, 0.15) is 11.6 Å². The van der Waals surface area contributed by atoms with E-state index >= 15 is 0 Å². The minimum atomic E-state index is 0.193. The number of nitrogens with zero attached hydrogens (tertiary/aromatic N) is 1. The Labute approximate surface area is 148 Å². The normalized spacial score (nSPS) is 12.0. The van der Waals surface area contributed by atoms with Crippen molar-refractivity contribution in [2.24, 2.45) is 0 Å². The predicted octanol–water partition coefficient (Wildman–Crippen LogP) is 4.21. The van der Waals surface area contributed by atoms with Crippen LogP contribution in [0.1, 0.15) is 37.2 Å². The molecule has 0 saturated carbocycles. The molecule has 0 bridgehead atoms. The number of para-hydroxylation sites is 2. The first-order valence-electron chi connectivity index (χ1n) is 8.63. The molecule has 0 aliphatic carbocycles. The van der Waals surface area contributed by atoms with Gasteiger partial charge in [-0.25, -0.2) is 4.98 Å². The van der Waals surface area contributed by atoms with Gasteiger partial charge in [-0.05, 0) is 36.2 Å². The lowest BCUT2D eigenvalue weighted by molar-refractivity contribution is 0.327. The van der Waals surface area contributed by atoms with Crippen LogP contribution in [-0.2, 0) is 6.54 Å². The number of nitrogens with one attached hydrogen (secondary N) is 2. The highest BCUT2D eigenvalue weighted by Gasteiger charge is 2.13. The van der Waals surface area contributed by atoms with E-state index < -0.39 is 0 Å². The van der Waals surface area contributed by atoms with Gasteiger partial charge in [-0.2, -0.15) is 0 Å². The smallest absolute Gasteiger partial charge is 0.124 e. The number of terminal acetylenes is 1. The third-order valence-electron chi connectivity index (χ3n) is 4.14. The molecule has 3 aromatic rings. The number of imidazole rings is 1. The van der Waals surface area contributed by atoms with Crippen molar-refractivity contribution in [3.8, 4) is 18.1 Å². The second-order valence-corrected chi connectivity index (χ2v) is 5.93. The number of aromatic amines is 1. The van der Waals surface area contributed by atoms with Crippen molar-refractivity contribution in [1.82, 2.24) is 15.3 Å². The maximum atomic E-state index is 5.57. The summed E-state index contributed by atoms with van der Waals surface area (Å²) in [5, 5.41) is 3.57. The molecule has 1 heterocycles. The maximum Gasteiger partial charge on any atom is 0.124 e. The average molecular weight is 333 g/mol. The van der Waals surface area contributed by atoms with Crippen molar-refractivity contribution in [2.45, 2.75) is 32.4 Å². The van der Waals surface area contributed by atoms with Gasteiger partial charge in [-0.3, -0.25) is 0 Å². The summed E-state index contributed by atoms with van der Waals surface area (Å²) >= 11 is 0. The highest BCUT2D eigenvalue weighted by Crippen LogP contribution is 2.19. The second kappa shape index (κ2) is 8.36. The molecule has 2 aromatic carbocycles. The monoisotopic (exact) mass is 333 g/mol. The molecule has 2 N–H and O–H groups in total. The standard InChI is InChI=1S/C21H23N3O/c1-3-5-14-25-17-12-10-16(11-13-17)15-22-18(4-2)21-23-19-8-6-7-9-20(19)24-21/h1,6-13,18,22H,4-5,14-15H2,2H3,(H,23,24). The molecule has 1 atom stereocenters. The number of fused-ring (bicyclic) bond motifs is 1. The first-order valence-corrected chi connectivity index (χ1v) is 8.63. The number of ether oxygens (including phenoxy) is 1. The summed E-state index contributed by atoms with van der Waals surface area (Å²) < 4.78 is 5.57. The Balaban J connectivity index is 1.60. The highest BCUT2D eigenvalue weighted by molar-refractivity contribution is 5.74. The molecule has 1 unspecified atom stereocenters. The molecule has 4 heteroatoms. The van der Waals surface area contributed by atoms with Crippen LogP contribution in [0.5, 0.6) is 5.75 Å². The number of hydrogen-bond acceptors (Lipinski definition) is 3. The van der Waals surface area contributed by atoms with Gasteiger partial charge >= 0.3 is 0 Å². The molecule has 0 aliphatic rings. The van der Waals surface area contributed by atoms with Crippen LogP contribution in [0.2, 0.25) is 0 Å². The zero-order valence-corrected chi connectivity index (χ0v) is 14.5. The van der Waals surface area contributed by atoms with Crippen molar-refractivity contribution < 1.29 is 4.74 Å². The van der Waals surface area contributed by atoms with Gasteiger partial charge < -0.3 is 15.0 Å². The molecule has 25 heavy (non-hydrogen) atoms. The second-order valence-electron chi connectivity index (χ2n) is 5.93. The first-order chi connectivity index (χ1) is 12.3. The number of H-pyrrole nitrogens is 1. The van der Waals surface area contributed by atoms with Crippen LogP contribution < -0.4 is 10.1 Å². The lowest BCUT2D eigenvalue weighted by Gasteiger charge is -2.15. The Morgan fingerprint density at radius 3 is 2.72 bits per heavy atom. The van der Waals surface area contributed by atoms with Crippen LogP contribution in [0, 0.1) is 12.3 Å². The van der Waals surface area contributed by atoms with Crippen LogP contribution in [0.3, 0.4) is 0 Å². The van der Waals surface area contributed by atoms with Gasteiger partial charge in [-0.15, -0.1) is 12.3 Å². The van der Waals surface area contributed by atoms with Crippen LogP contribution in [0.25, 0.3) is 11.0 Å². The molecule has 128 valence electrons. The lowest BCUT2D eigenvalue weighted by Crippen LogP contribution is -2.21. The number of benzene rings is 2. The minimum Gasteiger partial charge on any atom is -0.493 e. The molecule has 3 rings (SSSR count). The molecule has 0 amide bonds. The topological polar surface area (TPSA) is 49.9 Å². The summed E-state index contributed by atoms with van der Waals surface area (Å²) in [6, 6.07) is 16.4. The van der Waals surface area contributed by atoms with Crippen LogP contribution in [-0.4, -0.2) is 16.6 Å². The fraction of sp³-hybridized carbons (Fsp3) is 0.286. The average Bonchev–Trinajstić information content (AvgIpc) is 3.07. The molecular weight excluding hydrogens is 310 g/mol. The van der Waals surface area contributed by atoms with Gasteiger partial charge in [0.15, 0.2) is 0 Å². The van der Waals surface area contributed by atoms with Crippen molar-refractivity contribution in [3.05, 3.63) is 59.9 Å². The molecule has 0 saturated heterocycles. The molecule has 0 fully saturated rings. The van der Waals surface area contributed by atoms with Gasteiger partial charge in [0.2, 0.25) is 0 Å². The predicted molar refractivity (Wildman–Crippen MR) is 101 cm³/mol. The molecule has 0 spiro atoms. The third-order valence-corrected chi connectivity index (χ3v) is 4.14. The Morgan fingerprint density at radius 1 is 1.20 bits per heavy atom. The largest absolute Gasteiger partial charge is 0.493 e. The Morgan fingerprint density at radius 2 is 2.00 bits per heavy atom. The fourth-order valence-corrected chi connectivity index (χ4v) is 2.74. The quantitative estimate of drug-likeness (QED) is 0.480. The van der Waals surface area contributed by atoms with E-state index in [0.29, 0.717) is 13.0 Å². The SMILES string of the molecule is C#CCCOc1ccc(CNC(CC)c2nc3ccccc3[nH]2)cc1. The number of rotatable bonds is 8. The van der Waals surface area contributed by atoms with Crippen molar-refractivity contribution in [3.63, 3.8) is 0 Å². The molecule has 0 radical (unpaired) electrons. The van der Waals surface area contributed by atoms with Gasteiger partial charge in [0.05, 0.1) is 23.7 Å². The summed E-state index contributed by atoms with van der Waals surface area (Å²) in [5.74, 6) is 4.40. The van der Waals surface area contributed by atoms with Crippen LogP contribution in [0.4, 0.5) is 0 Å². The fourth-order valence-electron chi connectivity index (χ4n) is 2.74. The summed E-state index contributed by atoms with van der Waals surface area (Å²) in [6.45, 7) is 3.49. The molecule has 4 nitrogen and oxygen atoms in total. The summed E-state index contributed by atoms with van der Waals surface area (Å²) in [7, 11) is 0. The highest BCUT2D eigenvalue weighted by atomic mass is 16.5. The molecular formula is C21H23N3O. The van der Waals surface area contributed by atoms with Crippen molar-refractivity contribution >= 4 is 11.0 Å². The Kier molecular flexibility index (Phi) is 5.71. The van der Waals surface area contributed by atoms with E-state index in [-0.39, 0.29) is 6.04 Å². The zero-order chi connectivity index (χ0) is 17.5. The van der Waals surface area contributed by atoms with Gasteiger partial charge in [-0.1, -0.05) is 31.2 Å². The molecule has 1 aromatic heterocycles. The minimum absolute atomic E-state index is 0.193. The number of hydrogen-bond donors (Lipinski definition) is 2. The summed E-state index contributed by atoms with van der Waals surface area (Å²) in [5.41, 5.74) is 3.29. The van der Waals surface area contributed by atoms with E-state index in [2.05, 4.69) is 41.3 Å².